The van der Waals surface area contributed by atoms with Gasteiger partial charge in [0.05, 0.1) is 45.6 Å². The van der Waals surface area contributed by atoms with E-state index in [0.717, 1.165) is 97.0 Å². The topological polar surface area (TPSA) is 61.5 Å². The van der Waals surface area contributed by atoms with E-state index in [4.69, 9.17) is 20.0 Å². The summed E-state index contributed by atoms with van der Waals surface area (Å²) >= 11 is 0. The number of rotatable bonds is 10. The molecule has 0 aliphatic carbocycles. The zero-order valence-electron chi connectivity index (χ0n) is 27.9. The van der Waals surface area contributed by atoms with E-state index < -0.39 is 0 Å². The molecule has 0 aromatic heterocycles. The van der Waals surface area contributed by atoms with Crippen molar-refractivity contribution in [2.45, 2.75) is 107 Å². The molecule has 0 spiro atoms. The Morgan fingerprint density at radius 3 is 1.21 bits per heavy atom. The van der Waals surface area contributed by atoms with Gasteiger partial charge in [0.15, 0.2) is 0 Å². The maximum absolute atomic E-state index is 5.43. The van der Waals surface area contributed by atoms with Gasteiger partial charge in [-0.3, -0.25) is 0 Å². The van der Waals surface area contributed by atoms with Crippen LogP contribution in [0.5, 0.6) is 0 Å². The van der Waals surface area contributed by atoms with Gasteiger partial charge in [-0.25, -0.2) is 20.0 Å². The first kappa shape index (κ1) is 31.0. The third-order valence-corrected chi connectivity index (χ3v) is 9.40. The number of hydrogen-bond acceptors (Lipinski definition) is 5. The van der Waals surface area contributed by atoms with Crippen LogP contribution in [0, 0.1) is 0 Å². The van der Waals surface area contributed by atoms with E-state index in [0.29, 0.717) is 6.54 Å². The van der Waals surface area contributed by atoms with E-state index >= 15 is 0 Å². The molecule has 0 amide bonds. The van der Waals surface area contributed by atoms with Crippen molar-refractivity contribution < 1.29 is 0 Å². The van der Waals surface area contributed by atoms with E-state index in [1.165, 1.54) is 50.2 Å². The summed E-state index contributed by atoms with van der Waals surface area (Å²) in [7, 11) is 2.03. The lowest BCUT2D eigenvalue weighted by molar-refractivity contribution is 0.888. The number of nitrogens with zero attached hydrogens (tertiary/aromatic N) is 4. The second-order valence-corrected chi connectivity index (χ2v) is 11.6. The third-order valence-electron chi connectivity index (χ3n) is 9.40. The minimum absolute atomic E-state index is 0.714. The highest BCUT2D eigenvalue weighted by atomic mass is 14.9. The summed E-state index contributed by atoms with van der Waals surface area (Å²) in [6, 6.07) is 0. The van der Waals surface area contributed by atoms with Gasteiger partial charge in [-0.2, -0.15) is 0 Å². The van der Waals surface area contributed by atoms with Gasteiger partial charge in [0.2, 0.25) is 0 Å². The van der Waals surface area contributed by atoms with Crippen LogP contribution in [0.4, 0.5) is 0 Å². The molecule has 0 fully saturated rings. The highest BCUT2D eigenvalue weighted by Gasteiger charge is 2.32. The van der Waals surface area contributed by atoms with Crippen molar-refractivity contribution in [3.05, 3.63) is 91.2 Å². The van der Waals surface area contributed by atoms with Crippen molar-refractivity contribution in [2.75, 3.05) is 13.6 Å². The normalized spacial score (nSPS) is 20.3. The van der Waals surface area contributed by atoms with E-state index in [1.807, 2.05) is 7.05 Å². The molecule has 0 aromatic carbocycles. The number of nitrogens with one attached hydrogen (secondary N) is 1. The van der Waals surface area contributed by atoms with Gasteiger partial charge in [-0.1, -0.05) is 55.4 Å². The smallest absolute Gasteiger partial charge is 0.0739 e. The first-order valence-corrected chi connectivity index (χ1v) is 16.7. The predicted octanol–water partition coefficient (Wildman–Crippen LogP) is 9.41. The Morgan fingerprint density at radius 1 is 0.419 bits per heavy atom. The first-order chi connectivity index (χ1) is 20.9. The largest absolute Gasteiger partial charge is 0.316 e. The second-order valence-electron chi connectivity index (χ2n) is 11.6. The summed E-state index contributed by atoms with van der Waals surface area (Å²) in [5.74, 6) is 0. The standard InChI is InChI=1S/C38H49N5/c1-10-22-24(12-3)33-19-35-26(14-5)28(16-7)37(42-35)30(21-39-9)38-29(17-8)27(15-6)36(43-38)20-34-25(13-4)23(11-2)32(41-34)18-31(22)40-33/h18-20,39H,10-17,21H2,1-9H3. The van der Waals surface area contributed by atoms with Gasteiger partial charge in [-0.15, -0.1) is 0 Å². The van der Waals surface area contributed by atoms with E-state index in [1.54, 1.807) is 0 Å². The molecule has 0 unspecified atom stereocenters. The Labute approximate surface area is 259 Å². The van der Waals surface area contributed by atoms with Crippen LogP contribution < -0.4 is 5.32 Å². The van der Waals surface area contributed by atoms with Crippen molar-refractivity contribution >= 4 is 22.8 Å². The van der Waals surface area contributed by atoms with Crippen molar-refractivity contribution in [3.8, 4) is 0 Å². The first-order valence-electron chi connectivity index (χ1n) is 16.7. The summed E-state index contributed by atoms with van der Waals surface area (Å²) in [4.78, 5) is 21.5. The van der Waals surface area contributed by atoms with Gasteiger partial charge in [0, 0.05) is 12.1 Å². The summed E-state index contributed by atoms with van der Waals surface area (Å²) in [5.41, 5.74) is 20.4. The Kier molecular flexibility index (Phi) is 9.41. The molecule has 8 bridgehead atoms. The van der Waals surface area contributed by atoms with Crippen LogP contribution in [0.1, 0.15) is 107 Å². The Hall–Kier alpha value is -3.44. The average Bonchev–Trinajstić information content (AvgIpc) is 3.74. The summed E-state index contributed by atoms with van der Waals surface area (Å²) in [5, 5.41) is 3.47. The molecule has 0 radical (unpaired) electrons. The maximum atomic E-state index is 5.43. The molecule has 5 nitrogen and oxygen atoms in total. The monoisotopic (exact) mass is 575 g/mol. The molecule has 5 heterocycles. The van der Waals surface area contributed by atoms with Crippen molar-refractivity contribution in [2.24, 2.45) is 20.0 Å². The lowest BCUT2D eigenvalue weighted by Crippen LogP contribution is -2.20. The van der Waals surface area contributed by atoms with Gasteiger partial charge in [-0.05, 0) is 121 Å². The number of allylic oxidation sites excluding steroid dienone is 11. The molecule has 0 aromatic rings. The molecule has 226 valence electrons. The van der Waals surface area contributed by atoms with Crippen molar-refractivity contribution in [1.82, 2.24) is 5.32 Å². The second kappa shape index (κ2) is 13.1. The molecule has 1 N–H and O–H groups in total. The molecule has 0 saturated heterocycles. The van der Waals surface area contributed by atoms with E-state index in [2.05, 4.69) is 78.9 Å². The van der Waals surface area contributed by atoms with Crippen LogP contribution >= 0.6 is 0 Å². The summed E-state index contributed by atoms with van der Waals surface area (Å²) in [6.07, 6.45) is 14.3. The lowest BCUT2D eigenvalue weighted by atomic mass is 9.91. The minimum atomic E-state index is 0.714. The minimum Gasteiger partial charge on any atom is -0.316 e. The van der Waals surface area contributed by atoms with Gasteiger partial charge in [0.1, 0.15) is 0 Å². The van der Waals surface area contributed by atoms with Gasteiger partial charge < -0.3 is 5.32 Å². The zero-order valence-corrected chi connectivity index (χ0v) is 27.9. The highest BCUT2D eigenvalue weighted by molar-refractivity contribution is 6.21. The molecule has 5 aliphatic rings. The molecule has 5 aliphatic heterocycles. The average molecular weight is 576 g/mol. The molecule has 5 heteroatoms. The highest BCUT2D eigenvalue weighted by Crippen LogP contribution is 2.41. The third kappa shape index (κ3) is 5.20. The number of hydrogen-bond donors (Lipinski definition) is 1. The van der Waals surface area contributed by atoms with Crippen molar-refractivity contribution in [1.29, 1.82) is 0 Å². The van der Waals surface area contributed by atoms with Crippen LogP contribution in [-0.4, -0.2) is 36.4 Å². The SMILES string of the molecule is CCC1=C(CC)C2=NC1=CC1=NC(=C(CNC)C3=NC(=CC4=NC(=C2)C(CC)=C4CC)C(CC)=C3CC)C(CC)=C1CC. The molecule has 0 saturated carbocycles. The maximum Gasteiger partial charge on any atom is 0.0739 e. The fraction of sp³-hybridized carbons (Fsp3) is 0.474. The fourth-order valence-corrected chi connectivity index (χ4v) is 7.44. The van der Waals surface area contributed by atoms with Crippen LogP contribution in [-0.2, 0) is 0 Å². The Bertz CT molecular complexity index is 1610. The van der Waals surface area contributed by atoms with Crippen LogP contribution in [0.2, 0.25) is 0 Å². The van der Waals surface area contributed by atoms with Crippen LogP contribution in [0.3, 0.4) is 0 Å². The van der Waals surface area contributed by atoms with E-state index in [-0.39, 0.29) is 0 Å². The molecular weight excluding hydrogens is 526 g/mol. The number of likely N-dealkylation sites (N-methyl/N-ethyl adjacent to an activating group) is 1. The fourth-order valence-electron chi connectivity index (χ4n) is 7.44. The van der Waals surface area contributed by atoms with Gasteiger partial charge >= 0.3 is 0 Å². The summed E-state index contributed by atoms with van der Waals surface area (Å²) in [6.45, 7) is 18.7. The lowest BCUT2D eigenvalue weighted by Gasteiger charge is -2.15. The quantitative estimate of drug-likeness (QED) is 0.277. The molecule has 0 atom stereocenters. The zero-order chi connectivity index (χ0) is 30.8. The molecule has 5 rings (SSSR count). The van der Waals surface area contributed by atoms with Crippen LogP contribution in [0.15, 0.2) is 111 Å². The van der Waals surface area contributed by atoms with Gasteiger partial charge in [0.25, 0.3) is 0 Å². The predicted molar refractivity (Wildman–Crippen MR) is 185 cm³/mol. The Morgan fingerprint density at radius 2 is 0.791 bits per heavy atom. The molecular formula is C38H49N5. The number of fused-ring (bicyclic) bond motifs is 4. The van der Waals surface area contributed by atoms with Crippen molar-refractivity contribution in [3.63, 3.8) is 0 Å². The van der Waals surface area contributed by atoms with Crippen LogP contribution in [0.25, 0.3) is 0 Å². The Balaban J connectivity index is 1.91. The molecule has 43 heavy (non-hydrogen) atoms. The summed E-state index contributed by atoms with van der Waals surface area (Å²) < 4.78 is 0. The number of aliphatic imine (C=N–C) groups is 4. The van der Waals surface area contributed by atoms with E-state index in [9.17, 15) is 0 Å².